The van der Waals surface area contributed by atoms with E-state index in [1.165, 1.54) is 43.6 Å². The van der Waals surface area contributed by atoms with Crippen molar-refractivity contribution in [2.75, 3.05) is 0 Å². The van der Waals surface area contributed by atoms with Gasteiger partial charge in [-0.3, -0.25) is 0 Å². The highest BCUT2D eigenvalue weighted by Crippen LogP contribution is 2.41. The second kappa shape index (κ2) is 35.8. The van der Waals surface area contributed by atoms with Gasteiger partial charge >= 0.3 is 14.2 Å². The average molecular weight is 1720 g/mol. The minimum Gasteiger partial charge on any atom is -0.456 e. The molecule has 0 saturated carbocycles. The zero-order valence-corrected chi connectivity index (χ0v) is 70.3. The average Bonchev–Trinajstić information content (AvgIpc) is 1.56. The molecule has 610 valence electrons. The number of nitrogens with zero attached hydrogens (tertiary/aromatic N) is 9. The summed E-state index contributed by atoms with van der Waals surface area (Å²) in [7, 11) is -2.81. The lowest BCUT2D eigenvalue weighted by Gasteiger charge is -2.10. The number of benzene rings is 18. The molecule has 5 heterocycles. The summed E-state index contributed by atoms with van der Waals surface area (Å²) in [5.41, 5.74) is 18.8. The van der Waals surface area contributed by atoms with Crippen molar-refractivity contribution in [3.8, 4) is 102 Å². The van der Waals surface area contributed by atoms with E-state index in [1.807, 2.05) is 188 Å². The van der Waals surface area contributed by atoms with Gasteiger partial charge in [-0.05, 0) is 205 Å². The van der Waals surface area contributed by atoms with Crippen molar-refractivity contribution in [1.29, 1.82) is 0 Å². The SMILES string of the molecule is Clc1nc(-c2ccc3ccccc3c2)nc(-c2cccc3oc4ccccc4c23)n1.Clc1nc(Cl)nc(-c2ccc3ccccc3c2)n1.OB(O)c1ccc(-c2ccc3ccccc3c2)cc1.OB(O)c1cccc2c1-c1ccccc1C2.c1ccc2cc(-c3ccc(-c4nc(-c5ccc6ccccc6c5)nc(-c5cccc6oc7ccccc7c56)n4)cc3)ccc2c1. The van der Waals surface area contributed by atoms with Gasteiger partial charge in [-0.25, -0.2) is 19.9 Å². The van der Waals surface area contributed by atoms with Crippen LogP contribution in [0.15, 0.2) is 397 Å². The van der Waals surface area contributed by atoms with Crippen molar-refractivity contribution >= 4 is 158 Å². The Hall–Kier alpha value is -15.3. The van der Waals surface area contributed by atoms with Crippen molar-refractivity contribution in [1.82, 2.24) is 44.9 Å². The predicted octanol–water partition coefficient (Wildman–Crippen LogP) is 24.8. The minimum absolute atomic E-state index is 0.0955. The minimum atomic E-state index is -1.41. The van der Waals surface area contributed by atoms with Crippen molar-refractivity contribution in [2.45, 2.75) is 6.42 Å². The molecular weight excluding hydrogens is 1650 g/mol. The maximum Gasteiger partial charge on any atom is 0.489 e. The second-order valence-electron chi connectivity index (χ2n) is 30.8. The van der Waals surface area contributed by atoms with Gasteiger partial charge in [0.15, 0.2) is 34.9 Å². The van der Waals surface area contributed by atoms with Crippen LogP contribution >= 0.6 is 34.8 Å². The smallest absolute Gasteiger partial charge is 0.456 e. The van der Waals surface area contributed by atoms with Crippen LogP contribution in [-0.2, 0) is 6.42 Å². The lowest BCUT2D eigenvalue weighted by atomic mass is 9.75. The van der Waals surface area contributed by atoms with E-state index in [1.54, 1.807) is 18.2 Å². The molecule has 5 aromatic heterocycles. The summed E-state index contributed by atoms with van der Waals surface area (Å²) < 4.78 is 12.2. The first kappa shape index (κ1) is 81.1. The second-order valence-corrected chi connectivity index (χ2v) is 31.8. The fourth-order valence-corrected chi connectivity index (χ4v) is 17.1. The number of furan rings is 2. The van der Waals surface area contributed by atoms with Gasteiger partial charge in [-0.15, -0.1) is 0 Å². The van der Waals surface area contributed by atoms with Crippen LogP contribution in [0.25, 0.3) is 199 Å². The van der Waals surface area contributed by atoms with Crippen LogP contribution in [0.5, 0.6) is 0 Å². The van der Waals surface area contributed by atoms with Gasteiger partial charge in [0.2, 0.25) is 15.9 Å². The van der Waals surface area contributed by atoms with E-state index in [4.69, 9.17) is 73.6 Å². The van der Waals surface area contributed by atoms with Crippen LogP contribution in [0.2, 0.25) is 15.9 Å². The van der Waals surface area contributed by atoms with Gasteiger partial charge in [0.1, 0.15) is 22.3 Å². The maximum absolute atomic E-state index is 9.37. The Balaban J connectivity index is 0.000000107. The molecule has 0 atom stereocenters. The zero-order valence-electron chi connectivity index (χ0n) is 68.1. The quantitative estimate of drug-likeness (QED) is 0.0935. The van der Waals surface area contributed by atoms with Gasteiger partial charge < -0.3 is 28.9 Å². The van der Waals surface area contributed by atoms with Crippen LogP contribution in [0.4, 0.5) is 0 Å². The van der Waals surface area contributed by atoms with Gasteiger partial charge in [0.05, 0.1) is 0 Å². The topological polar surface area (TPSA) is 223 Å². The van der Waals surface area contributed by atoms with Crippen molar-refractivity contribution in [2.24, 2.45) is 0 Å². The molecule has 128 heavy (non-hydrogen) atoms. The molecule has 0 spiro atoms. The highest BCUT2D eigenvalue weighted by Gasteiger charge is 2.27. The molecule has 0 aliphatic heterocycles. The van der Waals surface area contributed by atoms with Gasteiger partial charge in [0, 0.05) is 54.9 Å². The lowest BCUT2D eigenvalue weighted by Crippen LogP contribution is -2.31. The fourth-order valence-electron chi connectivity index (χ4n) is 16.5. The summed E-state index contributed by atoms with van der Waals surface area (Å²) >= 11 is 17.9. The molecular formula is C108H70B2Cl3N9O6. The fraction of sp³-hybridized carbons (Fsp3) is 0.00926. The lowest BCUT2D eigenvalue weighted by molar-refractivity contribution is 0.424. The monoisotopic (exact) mass is 1720 g/mol. The molecule has 1 aliphatic carbocycles. The first-order valence-corrected chi connectivity index (χ1v) is 42.5. The molecule has 15 nitrogen and oxygen atoms in total. The van der Waals surface area contributed by atoms with Crippen molar-refractivity contribution < 1.29 is 28.9 Å². The van der Waals surface area contributed by atoms with Crippen LogP contribution in [0.1, 0.15) is 11.1 Å². The molecule has 0 unspecified atom stereocenters. The van der Waals surface area contributed by atoms with E-state index in [-0.39, 0.29) is 15.9 Å². The summed E-state index contributed by atoms with van der Waals surface area (Å²) in [5.74, 6) is 3.41. The van der Waals surface area contributed by atoms with Gasteiger partial charge in [-0.1, -0.05) is 334 Å². The standard InChI is InChI=1S/C41H25N3O.C25H14ClN3O.C16H13BO2.C13H11BO2.C13H7Cl2N3/c1-3-10-30-24-32(22-18-26(30)8-1)28-16-20-29(21-17-28)39-42-40(33-23-19-27-9-2-4-11-31(27)25-33)44-41(43-39)35-13-7-15-37-38(35)34-12-5-6-14-36(34)45-37;26-25-28-23(17-13-12-15-6-1-2-7-16(15)14-17)27-24(29-25)19-9-5-11-21-22(19)18-8-3-4-10-20(18)30-21;18-17(19)16-9-7-13(8-10-16)15-6-5-12-3-1-2-4-14(12)11-15;15-14(16)12-7-3-5-10-8-9-4-1-2-6-11(9)13(10)12;14-12-16-11(17-13(15)18-12)10-6-5-8-3-1-2-4-9(8)7-10/h1-25H;1-14H;1-11,18-19H;1-7,15-16H,8H2;1-7H. The molecule has 20 heteroatoms. The largest absolute Gasteiger partial charge is 0.489 e. The number of rotatable bonds is 10. The molecule has 24 rings (SSSR count). The molecule has 0 fully saturated rings. The van der Waals surface area contributed by atoms with Crippen molar-refractivity contribution in [3.63, 3.8) is 0 Å². The Morgan fingerprint density at radius 3 is 0.984 bits per heavy atom. The number of hydrogen-bond acceptors (Lipinski definition) is 15. The van der Waals surface area contributed by atoms with E-state index in [0.717, 1.165) is 138 Å². The number of para-hydroxylation sites is 2. The van der Waals surface area contributed by atoms with Crippen LogP contribution in [0.3, 0.4) is 0 Å². The zero-order chi connectivity index (χ0) is 86.7. The van der Waals surface area contributed by atoms with Crippen LogP contribution < -0.4 is 10.9 Å². The third kappa shape index (κ3) is 17.0. The number of fused-ring (bicyclic) bond motifs is 14. The van der Waals surface area contributed by atoms with E-state index in [9.17, 15) is 10.0 Å². The molecule has 23 aromatic rings. The highest BCUT2D eigenvalue weighted by atomic mass is 35.5. The van der Waals surface area contributed by atoms with Gasteiger partial charge in [0.25, 0.3) is 0 Å². The molecule has 1 aliphatic rings. The molecule has 0 amide bonds. The first-order valence-electron chi connectivity index (χ1n) is 41.4. The Bertz CT molecular complexity index is 8150. The van der Waals surface area contributed by atoms with Crippen LogP contribution in [0, 0.1) is 0 Å². The molecule has 0 saturated heterocycles. The predicted molar refractivity (Wildman–Crippen MR) is 521 cm³/mol. The Morgan fingerprint density at radius 1 is 0.227 bits per heavy atom. The van der Waals surface area contributed by atoms with E-state index in [0.29, 0.717) is 45.9 Å². The summed E-state index contributed by atoms with van der Waals surface area (Å²) in [6.45, 7) is 0. The normalized spacial score (nSPS) is 11.4. The Labute approximate surface area is 749 Å². The summed E-state index contributed by atoms with van der Waals surface area (Å²) in [6.07, 6.45) is 0.881. The number of aromatic nitrogens is 9. The summed E-state index contributed by atoms with van der Waals surface area (Å²) in [4.78, 5) is 40.6. The van der Waals surface area contributed by atoms with Crippen molar-refractivity contribution in [3.05, 3.63) is 415 Å². The maximum atomic E-state index is 9.37. The third-order valence-corrected chi connectivity index (χ3v) is 23.3. The summed E-state index contributed by atoms with van der Waals surface area (Å²) in [5, 5.41) is 53.0. The molecule has 18 aromatic carbocycles. The first-order chi connectivity index (χ1) is 62.8. The van der Waals surface area contributed by atoms with Gasteiger partial charge in [-0.2, -0.15) is 24.9 Å². The van der Waals surface area contributed by atoms with E-state index < -0.39 is 14.2 Å². The molecule has 0 radical (unpaired) electrons. The molecule has 0 bridgehead atoms. The highest BCUT2D eigenvalue weighted by molar-refractivity contribution is 6.60. The Kier molecular flexibility index (Phi) is 22.7. The van der Waals surface area contributed by atoms with E-state index >= 15 is 0 Å². The van der Waals surface area contributed by atoms with Crippen LogP contribution in [-0.4, -0.2) is 79.2 Å². The third-order valence-electron chi connectivity index (χ3n) is 22.8. The number of halogens is 3. The Morgan fingerprint density at radius 2 is 0.531 bits per heavy atom. The molecule has 4 N–H and O–H groups in total. The summed E-state index contributed by atoms with van der Waals surface area (Å²) in [6, 6.07) is 130. The van der Waals surface area contributed by atoms with E-state index in [2.05, 4.69) is 207 Å². The number of hydrogen-bond donors (Lipinski definition) is 4.